The maximum atomic E-state index is 12.0. The highest BCUT2D eigenvalue weighted by molar-refractivity contribution is 5.84. The topological polar surface area (TPSA) is 66.4 Å². The highest BCUT2D eigenvalue weighted by atomic mass is 16.4. The summed E-state index contributed by atoms with van der Waals surface area (Å²) in [4.78, 5) is 23.1. The third kappa shape index (κ3) is 5.52. The lowest BCUT2D eigenvalue weighted by atomic mass is 9.88. The molecule has 4 nitrogen and oxygen atoms in total. The SMILES string of the molecule is CCC(CC)C(C)C(=O)NC(CC(C)C)C(=O)O. The highest BCUT2D eigenvalue weighted by Crippen LogP contribution is 2.19. The van der Waals surface area contributed by atoms with Crippen molar-refractivity contribution in [3.8, 4) is 0 Å². The maximum absolute atomic E-state index is 12.0. The molecule has 4 heteroatoms. The summed E-state index contributed by atoms with van der Waals surface area (Å²) in [5, 5.41) is 11.7. The fraction of sp³-hybridized carbons (Fsp3) is 0.857. The van der Waals surface area contributed by atoms with Gasteiger partial charge in [-0.15, -0.1) is 0 Å². The van der Waals surface area contributed by atoms with Gasteiger partial charge in [-0.2, -0.15) is 0 Å². The lowest BCUT2D eigenvalue weighted by molar-refractivity contribution is -0.143. The van der Waals surface area contributed by atoms with Gasteiger partial charge in [-0.1, -0.05) is 47.5 Å². The van der Waals surface area contributed by atoms with E-state index in [2.05, 4.69) is 19.2 Å². The number of carbonyl (C=O) groups is 2. The van der Waals surface area contributed by atoms with Crippen molar-refractivity contribution in [2.24, 2.45) is 17.8 Å². The summed E-state index contributed by atoms with van der Waals surface area (Å²) < 4.78 is 0. The molecular formula is C14H27NO3. The van der Waals surface area contributed by atoms with Crippen LogP contribution in [0.3, 0.4) is 0 Å². The Kier molecular flexibility index (Phi) is 7.64. The molecule has 106 valence electrons. The first-order valence-electron chi connectivity index (χ1n) is 6.86. The summed E-state index contributed by atoms with van der Waals surface area (Å²) in [6.45, 7) is 9.89. The van der Waals surface area contributed by atoms with Crippen molar-refractivity contribution in [3.63, 3.8) is 0 Å². The Hall–Kier alpha value is -1.06. The summed E-state index contributed by atoms with van der Waals surface area (Å²) in [7, 11) is 0. The maximum Gasteiger partial charge on any atom is 0.326 e. The fourth-order valence-electron chi connectivity index (χ4n) is 2.21. The molecule has 0 aliphatic rings. The zero-order chi connectivity index (χ0) is 14.3. The smallest absolute Gasteiger partial charge is 0.326 e. The number of nitrogens with one attached hydrogen (secondary N) is 1. The molecule has 0 bridgehead atoms. The highest BCUT2D eigenvalue weighted by Gasteiger charge is 2.26. The Labute approximate surface area is 110 Å². The lowest BCUT2D eigenvalue weighted by Crippen LogP contribution is -2.45. The van der Waals surface area contributed by atoms with Crippen LogP contribution in [0, 0.1) is 17.8 Å². The van der Waals surface area contributed by atoms with Crippen molar-refractivity contribution >= 4 is 11.9 Å². The Bertz CT molecular complexity index is 272. The molecule has 18 heavy (non-hydrogen) atoms. The van der Waals surface area contributed by atoms with Crippen LogP contribution in [0.4, 0.5) is 0 Å². The summed E-state index contributed by atoms with van der Waals surface area (Å²) in [5.74, 6) is -0.659. The minimum absolute atomic E-state index is 0.131. The van der Waals surface area contributed by atoms with Crippen LogP contribution in [0.2, 0.25) is 0 Å². The van der Waals surface area contributed by atoms with Crippen molar-refractivity contribution in [1.82, 2.24) is 5.32 Å². The summed E-state index contributed by atoms with van der Waals surface area (Å²) in [6, 6.07) is -0.769. The predicted molar refractivity (Wildman–Crippen MR) is 72.3 cm³/mol. The van der Waals surface area contributed by atoms with Crippen molar-refractivity contribution in [2.75, 3.05) is 0 Å². The van der Waals surface area contributed by atoms with Crippen LogP contribution in [0.25, 0.3) is 0 Å². The van der Waals surface area contributed by atoms with Crippen molar-refractivity contribution < 1.29 is 14.7 Å². The number of hydrogen-bond donors (Lipinski definition) is 2. The standard InChI is InChI=1S/C14H27NO3/c1-6-11(7-2)10(5)13(16)15-12(14(17)18)8-9(3)4/h9-12H,6-8H2,1-5H3,(H,15,16)(H,17,18). The molecule has 0 radical (unpaired) electrons. The molecular weight excluding hydrogens is 230 g/mol. The summed E-state index contributed by atoms with van der Waals surface area (Å²) >= 11 is 0. The first-order chi connectivity index (χ1) is 8.33. The van der Waals surface area contributed by atoms with E-state index in [4.69, 9.17) is 5.11 Å². The van der Waals surface area contributed by atoms with E-state index in [9.17, 15) is 9.59 Å². The summed E-state index contributed by atoms with van der Waals surface area (Å²) in [6.07, 6.45) is 2.34. The molecule has 1 amide bonds. The van der Waals surface area contributed by atoms with Crippen LogP contribution in [-0.2, 0) is 9.59 Å². The average Bonchev–Trinajstić information content (AvgIpc) is 2.28. The van der Waals surface area contributed by atoms with E-state index in [0.717, 1.165) is 12.8 Å². The Balaban J connectivity index is 4.54. The Morgan fingerprint density at radius 2 is 1.61 bits per heavy atom. The van der Waals surface area contributed by atoms with Gasteiger partial charge in [-0.3, -0.25) is 4.79 Å². The second-order valence-electron chi connectivity index (χ2n) is 5.39. The number of aliphatic carboxylic acids is 1. The number of carboxylic acid groups (broad SMARTS) is 1. The van der Waals surface area contributed by atoms with E-state index in [1.165, 1.54) is 0 Å². The molecule has 0 spiro atoms. The van der Waals surface area contributed by atoms with E-state index in [0.29, 0.717) is 12.3 Å². The second kappa shape index (κ2) is 8.11. The molecule has 2 atom stereocenters. The molecule has 0 aliphatic heterocycles. The molecule has 2 unspecified atom stereocenters. The molecule has 0 saturated heterocycles. The monoisotopic (exact) mass is 257 g/mol. The van der Waals surface area contributed by atoms with Crippen molar-refractivity contribution in [2.45, 2.75) is 59.9 Å². The molecule has 0 aliphatic carbocycles. The largest absolute Gasteiger partial charge is 0.480 e. The van der Waals surface area contributed by atoms with E-state index in [1.54, 1.807) is 0 Å². The lowest BCUT2D eigenvalue weighted by Gasteiger charge is -2.23. The average molecular weight is 257 g/mol. The second-order valence-corrected chi connectivity index (χ2v) is 5.39. The molecule has 0 heterocycles. The third-order valence-electron chi connectivity index (χ3n) is 3.49. The minimum atomic E-state index is -0.950. The van der Waals surface area contributed by atoms with Crippen LogP contribution < -0.4 is 5.32 Å². The van der Waals surface area contributed by atoms with Crippen LogP contribution >= 0.6 is 0 Å². The molecule has 0 rings (SSSR count). The van der Waals surface area contributed by atoms with Crippen molar-refractivity contribution in [3.05, 3.63) is 0 Å². The Morgan fingerprint density at radius 1 is 1.11 bits per heavy atom. The van der Waals surface area contributed by atoms with E-state index in [1.807, 2.05) is 20.8 Å². The zero-order valence-corrected chi connectivity index (χ0v) is 12.2. The fourth-order valence-corrected chi connectivity index (χ4v) is 2.21. The molecule has 2 N–H and O–H groups in total. The first-order valence-corrected chi connectivity index (χ1v) is 6.86. The third-order valence-corrected chi connectivity index (χ3v) is 3.49. The zero-order valence-electron chi connectivity index (χ0n) is 12.2. The normalized spacial score (nSPS) is 14.6. The van der Waals surface area contributed by atoms with Gasteiger partial charge < -0.3 is 10.4 Å². The number of hydrogen-bond acceptors (Lipinski definition) is 2. The van der Waals surface area contributed by atoms with E-state index >= 15 is 0 Å². The van der Waals surface area contributed by atoms with Gasteiger partial charge in [-0.05, 0) is 18.3 Å². The van der Waals surface area contributed by atoms with Gasteiger partial charge in [0.25, 0.3) is 0 Å². The minimum Gasteiger partial charge on any atom is -0.480 e. The molecule has 0 saturated carbocycles. The molecule has 0 aromatic heterocycles. The van der Waals surface area contributed by atoms with Gasteiger partial charge in [0, 0.05) is 5.92 Å². The van der Waals surface area contributed by atoms with Crippen molar-refractivity contribution in [1.29, 1.82) is 0 Å². The molecule has 0 aromatic rings. The number of carbonyl (C=O) groups excluding carboxylic acids is 1. The summed E-state index contributed by atoms with van der Waals surface area (Å²) in [5.41, 5.74) is 0. The van der Waals surface area contributed by atoms with Gasteiger partial charge in [-0.25, -0.2) is 4.79 Å². The molecule has 0 aromatic carbocycles. The van der Waals surface area contributed by atoms with Gasteiger partial charge >= 0.3 is 5.97 Å². The van der Waals surface area contributed by atoms with Gasteiger partial charge in [0.15, 0.2) is 0 Å². The Morgan fingerprint density at radius 3 is 1.94 bits per heavy atom. The number of amides is 1. The molecule has 0 fully saturated rings. The van der Waals surface area contributed by atoms with E-state index in [-0.39, 0.29) is 17.7 Å². The van der Waals surface area contributed by atoms with E-state index < -0.39 is 12.0 Å². The quantitative estimate of drug-likeness (QED) is 0.702. The van der Waals surface area contributed by atoms with Gasteiger partial charge in [0.2, 0.25) is 5.91 Å². The van der Waals surface area contributed by atoms with Crippen LogP contribution in [0.1, 0.15) is 53.9 Å². The van der Waals surface area contributed by atoms with Crippen LogP contribution in [0.5, 0.6) is 0 Å². The van der Waals surface area contributed by atoms with Gasteiger partial charge in [0.1, 0.15) is 6.04 Å². The number of rotatable bonds is 8. The number of carboxylic acids is 1. The van der Waals surface area contributed by atoms with Gasteiger partial charge in [0.05, 0.1) is 0 Å². The first kappa shape index (κ1) is 16.9. The van der Waals surface area contributed by atoms with Crippen LogP contribution in [0.15, 0.2) is 0 Å². The predicted octanol–water partition coefficient (Wildman–Crippen LogP) is 2.67. The van der Waals surface area contributed by atoms with Crippen LogP contribution in [-0.4, -0.2) is 23.0 Å².